The molecule has 2 amide bonds. The summed E-state index contributed by atoms with van der Waals surface area (Å²) in [6.45, 7) is 3.07. The summed E-state index contributed by atoms with van der Waals surface area (Å²) in [6, 6.07) is 7.71. The molecule has 5 heteroatoms. The van der Waals surface area contributed by atoms with Crippen molar-refractivity contribution in [1.29, 1.82) is 0 Å². The third-order valence-corrected chi connectivity index (χ3v) is 5.34. The highest BCUT2D eigenvalue weighted by molar-refractivity contribution is 5.95. The fourth-order valence-electron chi connectivity index (χ4n) is 3.84. The molecule has 0 aromatic heterocycles. The van der Waals surface area contributed by atoms with Crippen molar-refractivity contribution in [2.75, 3.05) is 45.2 Å². The lowest BCUT2D eigenvalue weighted by Gasteiger charge is -2.36. The number of hydrogen-bond donors (Lipinski definition) is 0. The summed E-state index contributed by atoms with van der Waals surface area (Å²) in [5.74, 6) is 0.256. The molecule has 136 valence electrons. The zero-order valence-electron chi connectivity index (χ0n) is 15.4. The van der Waals surface area contributed by atoms with Gasteiger partial charge < -0.3 is 14.7 Å². The Balaban J connectivity index is 1.67. The Morgan fingerprint density at radius 3 is 2.44 bits per heavy atom. The van der Waals surface area contributed by atoms with E-state index in [-0.39, 0.29) is 17.7 Å². The zero-order chi connectivity index (χ0) is 17.8. The lowest BCUT2D eigenvalue weighted by molar-refractivity contribution is -0.137. The lowest BCUT2D eigenvalue weighted by Crippen LogP contribution is -2.47. The lowest BCUT2D eigenvalue weighted by atomic mass is 9.95. The number of piperidine rings is 2. The number of hydrogen-bond acceptors (Lipinski definition) is 3. The number of amides is 2. The van der Waals surface area contributed by atoms with Gasteiger partial charge in [-0.2, -0.15) is 0 Å². The van der Waals surface area contributed by atoms with Gasteiger partial charge in [-0.05, 0) is 50.3 Å². The van der Waals surface area contributed by atoms with Gasteiger partial charge in [0.05, 0.1) is 5.92 Å². The van der Waals surface area contributed by atoms with Crippen LogP contribution in [0, 0.1) is 5.92 Å². The summed E-state index contributed by atoms with van der Waals surface area (Å²) in [4.78, 5) is 31.6. The summed E-state index contributed by atoms with van der Waals surface area (Å²) >= 11 is 0. The highest BCUT2D eigenvalue weighted by Crippen LogP contribution is 2.23. The van der Waals surface area contributed by atoms with Gasteiger partial charge in [0.25, 0.3) is 5.91 Å². The predicted molar refractivity (Wildman–Crippen MR) is 99.8 cm³/mol. The van der Waals surface area contributed by atoms with Crippen LogP contribution in [-0.2, 0) is 4.79 Å². The first kappa shape index (κ1) is 17.8. The number of benzene rings is 1. The maximum atomic E-state index is 12.9. The average Bonchev–Trinajstić information content (AvgIpc) is 2.67. The highest BCUT2D eigenvalue weighted by atomic mass is 16.2. The van der Waals surface area contributed by atoms with Crippen LogP contribution in [0.3, 0.4) is 0 Å². The molecular formula is C20H29N3O2. The van der Waals surface area contributed by atoms with Crippen LogP contribution < -0.4 is 4.90 Å². The van der Waals surface area contributed by atoms with Crippen molar-refractivity contribution in [3.8, 4) is 0 Å². The fraction of sp³-hybridized carbons (Fsp3) is 0.600. The smallest absolute Gasteiger partial charge is 0.253 e. The highest BCUT2D eigenvalue weighted by Gasteiger charge is 2.32. The van der Waals surface area contributed by atoms with E-state index in [1.54, 1.807) is 0 Å². The van der Waals surface area contributed by atoms with Gasteiger partial charge in [0.1, 0.15) is 0 Å². The third kappa shape index (κ3) is 4.14. The Morgan fingerprint density at radius 1 is 1.00 bits per heavy atom. The predicted octanol–water partition coefficient (Wildman–Crippen LogP) is 2.62. The van der Waals surface area contributed by atoms with Crippen molar-refractivity contribution >= 4 is 17.5 Å². The minimum Gasteiger partial charge on any atom is -0.378 e. The number of likely N-dealkylation sites (tertiary alicyclic amines) is 2. The molecule has 0 aliphatic carbocycles. The quantitative estimate of drug-likeness (QED) is 0.847. The summed E-state index contributed by atoms with van der Waals surface area (Å²) in [7, 11) is 3.94. The number of anilines is 1. The van der Waals surface area contributed by atoms with Crippen LogP contribution in [0.2, 0.25) is 0 Å². The molecule has 5 nitrogen and oxygen atoms in total. The largest absolute Gasteiger partial charge is 0.378 e. The molecule has 1 aromatic rings. The molecule has 0 N–H and O–H groups in total. The minimum absolute atomic E-state index is 0.0344. The van der Waals surface area contributed by atoms with E-state index in [0.29, 0.717) is 12.1 Å². The zero-order valence-corrected chi connectivity index (χ0v) is 15.4. The summed E-state index contributed by atoms with van der Waals surface area (Å²) < 4.78 is 0. The van der Waals surface area contributed by atoms with Crippen LogP contribution in [0.15, 0.2) is 24.3 Å². The van der Waals surface area contributed by atoms with Gasteiger partial charge in [-0.15, -0.1) is 0 Å². The Bertz CT molecular complexity index is 623. The van der Waals surface area contributed by atoms with Crippen LogP contribution in [0.4, 0.5) is 5.69 Å². The van der Waals surface area contributed by atoms with Gasteiger partial charge >= 0.3 is 0 Å². The monoisotopic (exact) mass is 343 g/mol. The second-order valence-electron chi connectivity index (χ2n) is 7.42. The van der Waals surface area contributed by atoms with Crippen LogP contribution in [-0.4, -0.2) is 61.9 Å². The maximum Gasteiger partial charge on any atom is 0.253 e. The van der Waals surface area contributed by atoms with Crippen LogP contribution >= 0.6 is 0 Å². The molecule has 2 saturated heterocycles. The summed E-state index contributed by atoms with van der Waals surface area (Å²) in [6.07, 6.45) is 5.25. The van der Waals surface area contributed by atoms with Crippen molar-refractivity contribution in [2.45, 2.75) is 32.1 Å². The van der Waals surface area contributed by atoms with Gasteiger partial charge in [0.2, 0.25) is 5.91 Å². The van der Waals surface area contributed by atoms with Gasteiger partial charge in [-0.1, -0.05) is 6.07 Å². The molecule has 2 heterocycles. The van der Waals surface area contributed by atoms with Crippen molar-refractivity contribution in [3.05, 3.63) is 29.8 Å². The van der Waals surface area contributed by atoms with Crippen LogP contribution in [0.25, 0.3) is 0 Å². The van der Waals surface area contributed by atoms with Crippen molar-refractivity contribution < 1.29 is 9.59 Å². The Labute approximate surface area is 150 Å². The molecule has 0 spiro atoms. The Morgan fingerprint density at radius 2 is 1.72 bits per heavy atom. The molecule has 2 fully saturated rings. The van der Waals surface area contributed by atoms with E-state index in [0.717, 1.165) is 51.0 Å². The molecule has 3 rings (SSSR count). The molecular weight excluding hydrogens is 314 g/mol. The minimum atomic E-state index is -0.0344. The van der Waals surface area contributed by atoms with Crippen LogP contribution in [0.5, 0.6) is 0 Å². The van der Waals surface area contributed by atoms with E-state index in [4.69, 9.17) is 0 Å². The van der Waals surface area contributed by atoms with E-state index < -0.39 is 0 Å². The second-order valence-corrected chi connectivity index (χ2v) is 7.42. The third-order valence-electron chi connectivity index (χ3n) is 5.34. The van der Waals surface area contributed by atoms with E-state index in [2.05, 4.69) is 0 Å². The molecule has 1 atom stereocenters. The van der Waals surface area contributed by atoms with Crippen molar-refractivity contribution in [1.82, 2.24) is 9.80 Å². The maximum absolute atomic E-state index is 12.9. The average molecular weight is 343 g/mol. The SMILES string of the molecule is CN(C)c1cccc(C(=O)N2CCC[C@@H](C(=O)N3CCCCC3)C2)c1. The first-order valence-corrected chi connectivity index (χ1v) is 9.41. The van der Waals surface area contributed by atoms with Gasteiger partial charge in [-0.25, -0.2) is 0 Å². The second kappa shape index (κ2) is 7.89. The first-order valence-electron chi connectivity index (χ1n) is 9.41. The molecule has 2 aliphatic rings. The summed E-state index contributed by atoms with van der Waals surface area (Å²) in [5, 5.41) is 0. The number of rotatable bonds is 3. The van der Waals surface area contributed by atoms with E-state index >= 15 is 0 Å². The molecule has 25 heavy (non-hydrogen) atoms. The van der Waals surface area contributed by atoms with Gasteiger partial charge in [0.15, 0.2) is 0 Å². The molecule has 0 unspecified atom stereocenters. The van der Waals surface area contributed by atoms with Crippen molar-refractivity contribution in [2.24, 2.45) is 5.92 Å². The molecule has 0 bridgehead atoms. The standard InChI is InChI=1S/C20H29N3O2/c1-21(2)18-10-6-8-16(14-18)19(24)23-13-7-9-17(15-23)20(25)22-11-4-3-5-12-22/h6,8,10,14,17H,3-5,7,9,11-13,15H2,1-2H3/t17-/m1/s1. The Kier molecular flexibility index (Phi) is 5.61. The van der Waals surface area contributed by atoms with Crippen LogP contribution in [0.1, 0.15) is 42.5 Å². The van der Waals surface area contributed by atoms with E-state index in [1.807, 2.05) is 53.1 Å². The molecule has 1 aromatic carbocycles. The molecule has 0 radical (unpaired) electrons. The number of carbonyl (C=O) groups is 2. The molecule has 2 aliphatic heterocycles. The topological polar surface area (TPSA) is 43.9 Å². The fourth-order valence-corrected chi connectivity index (χ4v) is 3.84. The van der Waals surface area contributed by atoms with Gasteiger partial charge in [0, 0.05) is 51.5 Å². The van der Waals surface area contributed by atoms with E-state index in [9.17, 15) is 9.59 Å². The Hall–Kier alpha value is -2.04. The first-order chi connectivity index (χ1) is 12.1. The number of carbonyl (C=O) groups excluding carboxylic acids is 2. The normalized spacial score (nSPS) is 21.1. The summed E-state index contributed by atoms with van der Waals surface area (Å²) in [5.41, 5.74) is 1.72. The van der Waals surface area contributed by atoms with Gasteiger partial charge in [-0.3, -0.25) is 9.59 Å². The molecule has 0 saturated carbocycles. The van der Waals surface area contributed by atoms with E-state index in [1.165, 1.54) is 6.42 Å². The number of nitrogens with zero attached hydrogens (tertiary/aromatic N) is 3. The van der Waals surface area contributed by atoms with Crippen molar-refractivity contribution in [3.63, 3.8) is 0 Å².